The number of aromatic nitrogens is 3. The highest BCUT2D eigenvalue weighted by Gasteiger charge is 2.16. The number of nitrogens with zero attached hydrogens (tertiary/aromatic N) is 11. The van der Waals surface area contributed by atoms with Crippen LogP contribution in [0.4, 0.5) is 45.5 Å². The Balaban J connectivity index is 0.000000323. The molecule has 0 unspecified atom stereocenters. The van der Waals surface area contributed by atoms with Crippen LogP contribution in [0.3, 0.4) is 0 Å². The van der Waals surface area contributed by atoms with E-state index >= 15 is 0 Å². The Morgan fingerprint density at radius 1 is 0.757 bits per heavy atom. The third-order valence-electron chi connectivity index (χ3n) is 8.43. The lowest BCUT2D eigenvalue weighted by Crippen LogP contribution is -2.25. The molecule has 8 N–H and O–H groups in total. The molecule has 2 aromatic carbocycles. The summed E-state index contributed by atoms with van der Waals surface area (Å²) in [6, 6.07) is 19.2. The molecule has 0 atom stereocenters. The smallest absolute Gasteiger partial charge is 0.298 e. The Morgan fingerprint density at radius 3 is 1.77 bits per heavy atom. The Hall–Kier alpha value is -8.15. The van der Waals surface area contributed by atoms with Gasteiger partial charge in [0, 0.05) is 49.9 Å². The van der Waals surface area contributed by atoms with E-state index in [-0.39, 0.29) is 11.4 Å². The first kappa shape index (κ1) is 58.0. The molecule has 3 heterocycles. The van der Waals surface area contributed by atoms with Gasteiger partial charge in [0.2, 0.25) is 0 Å². The molecule has 5 aromatic rings. The topological polar surface area (TPSA) is 388 Å². The zero-order valence-corrected chi connectivity index (χ0v) is 41.0. The normalized spacial score (nSPS) is 13.1. The number of hydrogen-bond acceptors (Lipinski definition) is 22. The fourth-order valence-corrected chi connectivity index (χ4v) is 4.88. The number of aryl methyl sites for hydroxylation is 4. The Kier molecular flexibility index (Phi) is 22.4. The van der Waals surface area contributed by atoms with E-state index < -0.39 is 25.2 Å². The molecule has 1 aliphatic rings. The van der Waals surface area contributed by atoms with E-state index in [4.69, 9.17) is 33.1 Å². The minimum absolute atomic E-state index is 0.0646. The quantitative estimate of drug-likeness (QED) is 0.0207. The van der Waals surface area contributed by atoms with Crippen molar-refractivity contribution in [3.8, 4) is 0 Å². The van der Waals surface area contributed by atoms with Crippen molar-refractivity contribution in [1.29, 1.82) is 5.41 Å². The summed E-state index contributed by atoms with van der Waals surface area (Å²) in [7, 11) is 0.0118. The summed E-state index contributed by atoms with van der Waals surface area (Å²) in [5.74, 6) is 0. The number of allylic oxidation sites excluding steroid dienone is 3. The Bertz CT molecular complexity index is 3090. The van der Waals surface area contributed by atoms with Crippen molar-refractivity contribution in [2.75, 3.05) is 43.0 Å². The monoisotopic (exact) mass is 1010 g/mol. The number of anilines is 3. The Morgan fingerprint density at radius 2 is 1.29 bits per heavy atom. The van der Waals surface area contributed by atoms with Crippen LogP contribution in [0.2, 0.25) is 0 Å². The standard InChI is InChI=1S/C14H16N5O2.C13H15N5O.C13H16N5.2CH4O4S/c1-17(2)12-6-7-13(14(9-12)19(20)21)16-15-11-5-4-8-18(3)10-11;1-8-3-4-18(19)13(5-8)17-16-12-6-9(2)10(14)7-11(12)15;1-9-6-13(12(15)7-11(9)14)17-16-10-4-3-5-18(2)8-10;2*1-6(3,4)5-2/h4-10H,1-3H3;3-7,14,19H,15H2,1-2H3;3-8H,14-15H2,1-2H3;2*2H,1H3/q+1;;+1;;/p-2. The third-order valence-corrected chi connectivity index (χ3v) is 8.93. The number of pyridine rings is 3. The van der Waals surface area contributed by atoms with Gasteiger partial charge in [0.05, 0.1) is 34.5 Å². The van der Waals surface area contributed by atoms with Crippen LogP contribution < -0.4 is 47.2 Å². The second kappa shape index (κ2) is 27.0. The van der Waals surface area contributed by atoms with Gasteiger partial charge in [-0.3, -0.25) is 10.1 Å². The summed E-state index contributed by atoms with van der Waals surface area (Å²) >= 11 is 0. The molecule has 0 saturated carbocycles. The average Bonchev–Trinajstić information content (AvgIpc) is 3.28. The van der Waals surface area contributed by atoms with Crippen LogP contribution in [0, 0.1) is 29.4 Å². The highest BCUT2D eigenvalue weighted by Crippen LogP contribution is 2.32. The molecular formula is C42H53N15O11S2. The van der Waals surface area contributed by atoms with Crippen molar-refractivity contribution in [2.45, 2.75) is 20.8 Å². The fraction of sp³-hybridized carbons (Fsp3) is 0.214. The van der Waals surface area contributed by atoms with Crippen molar-refractivity contribution in [2.24, 2.45) is 50.5 Å². The van der Waals surface area contributed by atoms with Crippen molar-refractivity contribution >= 4 is 77.2 Å². The van der Waals surface area contributed by atoms with Gasteiger partial charge in [0.15, 0.2) is 36.0 Å². The molecule has 28 heteroatoms. The van der Waals surface area contributed by atoms with Crippen LogP contribution in [0.1, 0.15) is 18.1 Å². The molecule has 1 aliphatic carbocycles. The molecule has 0 saturated heterocycles. The predicted octanol–water partition coefficient (Wildman–Crippen LogP) is 2.89. The molecule has 0 amide bonds. The molecule has 70 heavy (non-hydrogen) atoms. The summed E-state index contributed by atoms with van der Waals surface area (Å²) in [5, 5.41) is 70.4. The van der Waals surface area contributed by atoms with E-state index in [1.165, 1.54) is 18.3 Å². The number of nitrogens with one attached hydrogen (secondary N) is 1. The molecule has 0 bridgehead atoms. The number of nitrogen functional groups attached to an aromatic ring is 2. The summed E-state index contributed by atoms with van der Waals surface area (Å²) in [4.78, 5) is 12.5. The highest BCUT2D eigenvalue weighted by molar-refractivity contribution is 7.86. The van der Waals surface area contributed by atoms with E-state index in [1.54, 1.807) is 60.5 Å². The lowest BCUT2D eigenvalue weighted by molar-refractivity contribution is -0.671. The second-order valence-corrected chi connectivity index (χ2v) is 17.9. The molecule has 374 valence electrons. The number of rotatable bonds is 9. The fourth-order valence-electron chi connectivity index (χ4n) is 4.88. The van der Waals surface area contributed by atoms with Gasteiger partial charge in [0.1, 0.15) is 36.9 Å². The number of nitro benzene ring substituents is 1. The van der Waals surface area contributed by atoms with Crippen LogP contribution in [0.15, 0.2) is 152 Å². The molecule has 0 radical (unpaired) electrons. The molecule has 3 aromatic heterocycles. The number of nitrogens with two attached hydrogens (primary N) is 3. The van der Waals surface area contributed by atoms with Crippen LogP contribution in [0.25, 0.3) is 0 Å². The molecule has 26 nitrogen and oxygen atoms in total. The molecule has 6 rings (SSSR count). The summed E-state index contributed by atoms with van der Waals surface area (Å²) in [6.07, 6.45) is 13.5. The van der Waals surface area contributed by atoms with E-state index in [0.29, 0.717) is 57.9 Å². The maximum atomic E-state index is 11.1. The zero-order chi connectivity index (χ0) is 52.9. The van der Waals surface area contributed by atoms with Gasteiger partial charge in [0.25, 0.3) is 25.9 Å². The predicted molar refractivity (Wildman–Crippen MR) is 256 cm³/mol. The maximum Gasteiger partial charge on any atom is 0.298 e. The third kappa shape index (κ3) is 21.2. The van der Waals surface area contributed by atoms with E-state index in [9.17, 15) is 32.2 Å². The number of hydrogen-bond donors (Lipinski definition) is 5. The summed E-state index contributed by atoms with van der Waals surface area (Å²) < 4.78 is 47.8. The molecule has 0 fully saturated rings. The maximum absolute atomic E-state index is 11.1. The average molecular weight is 1010 g/mol. The minimum Gasteiger partial charge on any atom is -0.707 e. The molecule has 0 aliphatic heterocycles. The number of nitro groups is 1. The van der Waals surface area contributed by atoms with Gasteiger partial charge >= 0.3 is 0 Å². The van der Waals surface area contributed by atoms with Gasteiger partial charge in [-0.15, -0.1) is 30.7 Å². The number of azo groups is 2. The van der Waals surface area contributed by atoms with Crippen LogP contribution in [0.5, 0.6) is 0 Å². The van der Waals surface area contributed by atoms with E-state index in [1.807, 2.05) is 94.0 Å². The molecular weight excluding hydrogens is 955 g/mol. The van der Waals surface area contributed by atoms with Gasteiger partial charge in [-0.05, 0) is 98.2 Å². The second-order valence-electron chi connectivity index (χ2n) is 14.8. The summed E-state index contributed by atoms with van der Waals surface area (Å²) in [5.41, 5.74) is 25.7. The van der Waals surface area contributed by atoms with E-state index in [0.717, 1.165) is 32.8 Å². The van der Waals surface area contributed by atoms with Crippen molar-refractivity contribution in [3.63, 3.8) is 0 Å². The first-order chi connectivity index (χ1) is 32.6. The largest absolute Gasteiger partial charge is 0.707 e. The van der Waals surface area contributed by atoms with Gasteiger partial charge in [-0.25, -0.2) is 26.0 Å². The summed E-state index contributed by atoms with van der Waals surface area (Å²) in [6.45, 7) is 5.61. The van der Waals surface area contributed by atoms with Crippen LogP contribution >= 0.6 is 0 Å². The van der Waals surface area contributed by atoms with Crippen LogP contribution in [-0.2, 0) is 43.0 Å². The highest BCUT2D eigenvalue weighted by atomic mass is 32.2. The van der Waals surface area contributed by atoms with Gasteiger partial charge < -0.3 is 51.9 Å². The van der Waals surface area contributed by atoms with E-state index in [2.05, 4.69) is 39.3 Å². The van der Waals surface area contributed by atoms with Crippen molar-refractivity contribution in [1.82, 2.24) is 4.73 Å². The zero-order valence-electron chi connectivity index (χ0n) is 39.4. The first-order valence-corrected chi connectivity index (χ1v) is 23.4. The van der Waals surface area contributed by atoms with Gasteiger partial charge in [-0.1, -0.05) is 0 Å². The number of benzene rings is 2. The minimum atomic E-state index is -3.72. The Labute approximate surface area is 403 Å². The van der Waals surface area contributed by atoms with Crippen molar-refractivity contribution in [3.05, 3.63) is 148 Å². The van der Waals surface area contributed by atoms with Gasteiger partial charge in [-0.2, -0.15) is 4.73 Å². The van der Waals surface area contributed by atoms with Crippen molar-refractivity contribution < 1.29 is 55.3 Å². The van der Waals surface area contributed by atoms with Crippen LogP contribution in [-0.4, -0.2) is 69.7 Å². The molecule has 0 spiro atoms. The lowest BCUT2D eigenvalue weighted by atomic mass is 10.0. The SMILES string of the molecule is CC1=CC(=NN=c2cc(C)ccn2O)C(N)=CC1=N.CN(C)c1ccc(N=Nc2ccc[n+](C)c2)c([N+](=O)[O-])c1.CS(=O)(=O)O[O-].CS(=O)(=O)O[O-].Cc1cc(N=Nc2ccc[n+](C)c2)c(N)cc1N. The first-order valence-electron chi connectivity index (χ1n) is 19.8. The lowest BCUT2D eigenvalue weighted by Gasteiger charge is -2.11.